The van der Waals surface area contributed by atoms with Gasteiger partial charge in [-0.05, 0) is 0 Å². The Morgan fingerprint density at radius 1 is 1.40 bits per heavy atom. The SMILES string of the molecule is Nc1nc(/C(=N/OCF)C(=O)N[C@@H]2C(=O)N3C(C(=O)O)=C(C[N+]45CCC(O)(CC4)C5)CS[C@@H]23)ns1. The number of fused-ring (bicyclic) bond motifs is 3. The van der Waals surface area contributed by atoms with Gasteiger partial charge in [0.2, 0.25) is 11.5 Å². The van der Waals surface area contributed by atoms with E-state index < -0.39 is 47.4 Å². The van der Waals surface area contributed by atoms with Gasteiger partial charge in [0.25, 0.3) is 18.7 Å². The first-order valence-electron chi connectivity index (χ1n) is 10.8. The second-order valence-electron chi connectivity index (χ2n) is 9.08. The van der Waals surface area contributed by atoms with Crippen LogP contribution in [0.3, 0.4) is 0 Å². The van der Waals surface area contributed by atoms with Crippen molar-refractivity contribution in [2.75, 3.05) is 44.5 Å². The zero-order valence-corrected chi connectivity index (χ0v) is 20.0. The molecule has 5 heterocycles. The van der Waals surface area contributed by atoms with Crippen LogP contribution in [0.2, 0.25) is 0 Å². The number of carboxylic acids is 1. The maximum atomic E-state index is 13.0. The molecule has 0 unspecified atom stereocenters. The van der Waals surface area contributed by atoms with Gasteiger partial charge in [-0.25, -0.2) is 9.18 Å². The first-order chi connectivity index (χ1) is 16.7. The number of hydrogen-bond acceptors (Lipinski definition) is 11. The lowest BCUT2D eigenvalue weighted by molar-refractivity contribution is -0.904. The monoisotopic (exact) mass is 528 g/mol. The maximum Gasteiger partial charge on any atom is 0.352 e. The summed E-state index contributed by atoms with van der Waals surface area (Å²) in [5.74, 6) is -2.49. The number of carboxylic acid groups (broad SMARTS) is 1. The zero-order valence-electron chi connectivity index (χ0n) is 18.3. The molecule has 0 spiro atoms. The number of aliphatic carboxylic acids is 1. The van der Waals surface area contributed by atoms with Gasteiger partial charge in [-0.15, -0.1) is 11.8 Å². The molecule has 5 N–H and O–H groups in total. The Balaban J connectivity index is 1.33. The highest BCUT2D eigenvalue weighted by Crippen LogP contribution is 2.44. The van der Waals surface area contributed by atoms with Crippen molar-refractivity contribution in [1.29, 1.82) is 0 Å². The minimum absolute atomic E-state index is 0.0547. The van der Waals surface area contributed by atoms with Gasteiger partial charge in [-0.3, -0.25) is 14.5 Å². The normalized spacial score (nSPS) is 31.9. The summed E-state index contributed by atoms with van der Waals surface area (Å²) < 4.78 is 17.0. The molecule has 2 atom stereocenters. The Labute approximate surface area is 206 Å². The minimum atomic E-state index is -1.29. The van der Waals surface area contributed by atoms with Crippen LogP contribution in [0.4, 0.5) is 9.52 Å². The van der Waals surface area contributed by atoms with Crippen LogP contribution in [0, 0.1) is 0 Å². The quantitative estimate of drug-likeness (QED) is 0.139. The summed E-state index contributed by atoms with van der Waals surface area (Å²) in [5.41, 5.74) is 4.98. The van der Waals surface area contributed by atoms with Gasteiger partial charge in [0.1, 0.15) is 35.8 Å². The lowest BCUT2D eigenvalue weighted by Crippen LogP contribution is -2.71. The Hall–Kier alpha value is -2.82. The topological polar surface area (TPSA) is 180 Å². The number of anilines is 1. The molecule has 35 heavy (non-hydrogen) atoms. The zero-order chi connectivity index (χ0) is 25.0. The predicted molar refractivity (Wildman–Crippen MR) is 122 cm³/mol. The number of carbonyl (C=O) groups is 3. The van der Waals surface area contributed by atoms with Crippen LogP contribution in [0.25, 0.3) is 0 Å². The standard InChI is InChI=1S/C19H22FN7O6S2/c20-8-33-24-10(13-23-18(21)35-25-13)14(28)22-11-15(29)26-12(17(30)31)9(6-34-16(11)26)5-27-3-1-19(32,7-27)2-4-27/h11,16,32H,1-8H2,(H3-,21,22,23,25,28,30,31)/p+1/b24-10-/t11-,16+,19?,27?/m1/s1. The molecule has 1 aromatic heterocycles. The van der Waals surface area contributed by atoms with E-state index in [1.165, 1.54) is 16.7 Å². The van der Waals surface area contributed by atoms with Crippen LogP contribution in [0.5, 0.6) is 0 Å². The number of nitrogens with zero attached hydrogens (tertiary/aromatic N) is 5. The molecule has 4 aliphatic heterocycles. The Kier molecular flexibility index (Phi) is 5.93. The summed E-state index contributed by atoms with van der Waals surface area (Å²) in [4.78, 5) is 47.4. The molecule has 4 aliphatic rings. The maximum absolute atomic E-state index is 13.0. The van der Waals surface area contributed by atoms with E-state index in [-0.39, 0.29) is 16.7 Å². The van der Waals surface area contributed by atoms with E-state index in [9.17, 15) is 29.0 Å². The number of oxime groups is 1. The molecule has 0 aromatic carbocycles. The molecule has 1 aromatic rings. The molecule has 2 bridgehead atoms. The number of hydrogen-bond donors (Lipinski definition) is 4. The average molecular weight is 529 g/mol. The number of piperidine rings is 1. The van der Waals surface area contributed by atoms with E-state index in [0.29, 0.717) is 41.7 Å². The van der Waals surface area contributed by atoms with Crippen LogP contribution < -0.4 is 11.1 Å². The predicted octanol–water partition coefficient (Wildman–Crippen LogP) is -1.14. The summed E-state index contributed by atoms with van der Waals surface area (Å²) >= 11 is 2.15. The molecule has 188 valence electrons. The molecule has 2 amide bonds. The molecule has 0 saturated carbocycles. The van der Waals surface area contributed by atoms with Crippen LogP contribution in [0.1, 0.15) is 18.7 Å². The third-order valence-electron chi connectivity index (χ3n) is 6.87. The van der Waals surface area contributed by atoms with Crippen molar-refractivity contribution in [2.45, 2.75) is 29.9 Å². The van der Waals surface area contributed by atoms with Gasteiger partial charge in [0, 0.05) is 35.7 Å². The van der Waals surface area contributed by atoms with Crippen molar-refractivity contribution >= 4 is 51.9 Å². The third kappa shape index (κ3) is 4.13. The van der Waals surface area contributed by atoms with E-state index >= 15 is 0 Å². The highest BCUT2D eigenvalue weighted by molar-refractivity contribution is 8.00. The molecule has 16 heteroatoms. The fourth-order valence-electron chi connectivity index (χ4n) is 5.31. The summed E-state index contributed by atoms with van der Waals surface area (Å²) in [6.45, 7) is 1.29. The van der Waals surface area contributed by atoms with Gasteiger partial charge in [-0.1, -0.05) is 5.16 Å². The number of quaternary nitrogens is 1. The summed E-state index contributed by atoms with van der Waals surface area (Å²) in [5, 5.41) is 25.8. The largest absolute Gasteiger partial charge is 0.477 e. The summed E-state index contributed by atoms with van der Waals surface area (Å²) in [7, 11) is 0. The average Bonchev–Trinajstić information content (AvgIpc) is 3.49. The van der Waals surface area contributed by atoms with Crippen molar-refractivity contribution in [3.05, 3.63) is 17.1 Å². The van der Waals surface area contributed by atoms with E-state index in [1.807, 2.05) is 0 Å². The molecule has 3 saturated heterocycles. The van der Waals surface area contributed by atoms with E-state index in [4.69, 9.17) is 5.73 Å². The highest BCUT2D eigenvalue weighted by Gasteiger charge is 2.58. The first-order valence-corrected chi connectivity index (χ1v) is 12.6. The number of alkyl halides is 1. The number of aliphatic hydroxyl groups is 1. The van der Waals surface area contributed by atoms with Crippen molar-refractivity contribution in [3.63, 3.8) is 0 Å². The van der Waals surface area contributed by atoms with Crippen molar-refractivity contribution < 1.29 is 38.3 Å². The van der Waals surface area contributed by atoms with Gasteiger partial charge in [0.15, 0.2) is 5.13 Å². The Morgan fingerprint density at radius 2 is 2.14 bits per heavy atom. The van der Waals surface area contributed by atoms with Crippen molar-refractivity contribution in [3.8, 4) is 0 Å². The minimum Gasteiger partial charge on any atom is -0.477 e. The van der Waals surface area contributed by atoms with Crippen molar-refractivity contribution in [1.82, 2.24) is 19.6 Å². The van der Waals surface area contributed by atoms with Gasteiger partial charge in [-0.2, -0.15) is 9.36 Å². The number of nitrogens with two attached hydrogens (primary N) is 1. The Morgan fingerprint density at radius 3 is 2.71 bits per heavy atom. The molecule has 3 fully saturated rings. The number of halogens is 1. The van der Waals surface area contributed by atoms with E-state index in [0.717, 1.165) is 24.6 Å². The number of nitrogens with one attached hydrogen (secondary N) is 1. The van der Waals surface area contributed by atoms with E-state index in [2.05, 4.69) is 24.7 Å². The number of carbonyl (C=O) groups excluding carboxylic acids is 2. The van der Waals surface area contributed by atoms with E-state index in [1.54, 1.807) is 0 Å². The number of rotatable bonds is 8. The number of amides is 2. The van der Waals surface area contributed by atoms with Crippen LogP contribution in [-0.4, -0.2) is 108 Å². The number of aromatic nitrogens is 2. The van der Waals surface area contributed by atoms with Gasteiger partial charge in [0.05, 0.1) is 13.1 Å². The number of nitrogen functional groups attached to an aromatic ring is 1. The fraction of sp³-hybridized carbons (Fsp3) is 0.579. The van der Waals surface area contributed by atoms with Crippen LogP contribution >= 0.6 is 23.3 Å². The first kappa shape index (κ1) is 23.9. The second kappa shape index (κ2) is 8.69. The Bertz CT molecular complexity index is 1150. The van der Waals surface area contributed by atoms with Crippen LogP contribution in [0.15, 0.2) is 16.4 Å². The molecular formula is C19H23FN7O6S2+. The second-order valence-corrected chi connectivity index (χ2v) is 11.0. The number of β-lactam (4-membered cyclic amide) rings is 1. The lowest BCUT2D eigenvalue weighted by Gasteiger charge is -2.49. The molecule has 5 rings (SSSR count). The van der Waals surface area contributed by atoms with Crippen LogP contribution in [-0.2, 0) is 19.2 Å². The summed E-state index contributed by atoms with van der Waals surface area (Å²) in [6, 6.07) is -1.02. The summed E-state index contributed by atoms with van der Waals surface area (Å²) in [6.07, 6.45) is 1.37. The third-order valence-corrected chi connectivity index (χ3v) is 8.75. The fourth-order valence-corrected chi connectivity index (χ4v) is 7.08. The van der Waals surface area contributed by atoms with Gasteiger partial charge >= 0.3 is 5.97 Å². The molecule has 13 nitrogen and oxygen atoms in total. The molecule has 0 aliphatic carbocycles. The van der Waals surface area contributed by atoms with Crippen molar-refractivity contribution in [2.24, 2.45) is 5.16 Å². The molecular weight excluding hydrogens is 505 g/mol. The van der Waals surface area contributed by atoms with Gasteiger partial charge < -0.3 is 30.6 Å². The highest BCUT2D eigenvalue weighted by atomic mass is 32.2. The molecule has 0 radical (unpaired) electrons. The number of thioether (sulfide) groups is 1. The lowest BCUT2D eigenvalue weighted by atomic mass is 10.00. The smallest absolute Gasteiger partial charge is 0.352 e.